The number of benzene rings is 1. The lowest BCUT2D eigenvalue weighted by Crippen LogP contribution is -2.16. The molecule has 0 bridgehead atoms. The van der Waals surface area contributed by atoms with Crippen LogP contribution >= 0.6 is 0 Å². The van der Waals surface area contributed by atoms with Gasteiger partial charge in [-0.05, 0) is 24.6 Å². The predicted molar refractivity (Wildman–Crippen MR) is 49.2 cm³/mol. The van der Waals surface area contributed by atoms with Crippen molar-refractivity contribution in [3.63, 3.8) is 0 Å². The maximum Gasteiger partial charge on any atom is 0.188 e. The molecular weight excluding hydrogens is 187 g/mol. The molecule has 0 heterocycles. The smallest absolute Gasteiger partial charge is 0.188 e. The molecule has 0 aliphatic rings. The zero-order valence-electron chi connectivity index (χ0n) is 7.95. The van der Waals surface area contributed by atoms with Crippen molar-refractivity contribution in [2.45, 2.75) is 12.6 Å². The molecule has 14 heavy (non-hydrogen) atoms. The van der Waals surface area contributed by atoms with E-state index in [1.54, 1.807) is 0 Å². The molecule has 4 heteroatoms. The summed E-state index contributed by atoms with van der Waals surface area (Å²) in [6.45, 7) is 1.13. The van der Waals surface area contributed by atoms with Crippen LogP contribution in [0, 0.1) is 0 Å². The standard InChI is InChI=1S/C10H11FO3/c1-10(11,6-12)7-3-4-9(14-2)8(13)5-7/h3-6,13H,1-2H3. The average Bonchev–Trinajstić information content (AvgIpc) is 2.17. The number of methoxy groups -OCH3 is 1. The van der Waals surface area contributed by atoms with E-state index in [4.69, 9.17) is 4.74 Å². The van der Waals surface area contributed by atoms with Crippen LogP contribution < -0.4 is 4.74 Å². The van der Waals surface area contributed by atoms with Gasteiger partial charge in [0.15, 0.2) is 23.5 Å². The first-order valence-corrected chi connectivity index (χ1v) is 4.04. The molecule has 0 amide bonds. The third-order valence-electron chi connectivity index (χ3n) is 1.96. The van der Waals surface area contributed by atoms with E-state index in [9.17, 15) is 14.3 Å². The number of phenolic OH excluding ortho intramolecular Hbond substituents is 1. The summed E-state index contributed by atoms with van der Waals surface area (Å²) in [4.78, 5) is 10.4. The summed E-state index contributed by atoms with van der Waals surface area (Å²) >= 11 is 0. The highest BCUT2D eigenvalue weighted by Crippen LogP contribution is 2.32. The number of aldehydes is 1. The summed E-state index contributed by atoms with van der Waals surface area (Å²) in [6.07, 6.45) is 0.189. The Bertz CT molecular complexity index is 347. The molecule has 0 spiro atoms. The zero-order valence-corrected chi connectivity index (χ0v) is 7.95. The molecule has 0 fully saturated rings. The second-order valence-corrected chi connectivity index (χ2v) is 3.08. The van der Waals surface area contributed by atoms with Crippen molar-refractivity contribution in [1.82, 2.24) is 0 Å². The highest BCUT2D eigenvalue weighted by atomic mass is 19.1. The highest BCUT2D eigenvalue weighted by molar-refractivity contribution is 5.66. The summed E-state index contributed by atoms with van der Waals surface area (Å²) in [5.41, 5.74) is -1.98. The van der Waals surface area contributed by atoms with Crippen LogP contribution in [0.4, 0.5) is 4.39 Å². The Balaban J connectivity index is 3.15. The lowest BCUT2D eigenvalue weighted by atomic mass is 9.99. The molecular formula is C10H11FO3. The summed E-state index contributed by atoms with van der Waals surface area (Å²) in [5.74, 6) is 0.0613. The molecule has 1 N–H and O–H groups in total. The fourth-order valence-electron chi connectivity index (χ4n) is 1.06. The Kier molecular flexibility index (Phi) is 2.74. The van der Waals surface area contributed by atoms with Crippen LogP contribution in [-0.2, 0) is 10.5 Å². The maximum atomic E-state index is 13.4. The Labute approximate surface area is 81.1 Å². The number of phenols is 1. The van der Waals surface area contributed by atoms with Gasteiger partial charge in [-0.2, -0.15) is 0 Å². The molecule has 1 aromatic carbocycles. The first-order chi connectivity index (χ1) is 6.51. The van der Waals surface area contributed by atoms with Crippen molar-refractivity contribution < 1.29 is 19.0 Å². The second kappa shape index (κ2) is 3.65. The third kappa shape index (κ3) is 1.84. The van der Waals surface area contributed by atoms with Crippen LogP contribution in [0.1, 0.15) is 12.5 Å². The number of carbonyl (C=O) groups excluding carboxylic acids is 1. The fraction of sp³-hybridized carbons (Fsp3) is 0.300. The molecule has 0 saturated carbocycles. The summed E-state index contributed by atoms with van der Waals surface area (Å²) in [6, 6.07) is 3.98. The van der Waals surface area contributed by atoms with Crippen molar-refractivity contribution in [3.8, 4) is 11.5 Å². The van der Waals surface area contributed by atoms with Crippen LogP contribution in [0.3, 0.4) is 0 Å². The van der Waals surface area contributed by atoms with Crippen LogP contribution in [-0.4, -0.2) is 18.5 Å². The van der Waals surface area contributed by atoms with E-state index < -0.39 is 5.67 Å². The topological polar surface area (TPSA) is 46.5 Å². The summed E-state index contributed by atoms with van der Waals surface area (Å²) < 4.78 is 18.2. The number of hydrogen-bond acceptors (Lipinski definition) is 3. The number of aromatic hydroxyl groups is 1. The predicted octanol–water partition coefficient (Wildman–Crippen LogP) is 1.78. The van der Waals surface area contributed by atoms with Crippen LogP contribution in [0.25, 0.3) is 0 Å². The van der Waals surface area contributed by atoms with Gasteiger partial charge >= 0.3 is 0 Å². The molecule has 3 nitrogen and oxygen atoms in total. The molecule has 76 valence electrons. The van der Waals surface area contributed by atoms with Gasteiger partial charge in [-0.15, -0.1) is 0 Å². The minimum Gasteiger partial charge on any atom is -0.504 e. The van der Waals surface area contributed by atoms with Crippen LogP contribution in [0.5, 0.6) is 11.5 Å². The molecule has 0 aliphatic heterocycles. The Morgan fingerprint density at radius 3 is 2.64 bits per heavy atom. The van der Waals surface area contributed by atoms with E-state index in [0.29, 0.717) is 0 Å². The fourth-order valence-corrected chi connectivity index (χ4v) is 1.06. The van der Waals surface area contributed by atoms with Crippen molar-refractivity contribution in [2.24, 2.45) is 0 Å². The molecule has 0 aliphatic carbocycles. The van der Waals surface area contributed by atoms with Crippen molar-refractivity contribution in [1.29, 1.82) is 0 Å². The van der Waals surface area contributed by atoms with Gasteiger partial charge in [-0.3, -0.25) is 4.79 Å². The minimum absolute atomic E-state index is 0.103. The van der Waals surface area contributed by atoms with Gasteiger partial charge in [0, 0.05) is 0 Å². The normalized spacial score (nSPS) is 14.5. The quantitative estimate of drug-likeness (QED) is 0.753. The molecule has 0 saturated heterocycles. The number of alkyl halides is 1. The van der Waals surface area contributed by atoms with E-state index >= 15 is 0 Å². The number of ether oxygens (including phenoxy) is 1. The lowest BCUT2D eigenvalue weighted by molar-refractivity contribution is -0.117. The number of hydrogen-bond donors (Lipinski definition) is 1. The van der Waals surface area contributed by atoms with Gasteiger partial charge in [-0.1, -0.05) is 6.07 Å². The molecule has 1 unspecified atom stereocenters. The summed E-state index contributed by atoms with van der Waals surface area (Å²) in [5, 5.41) is 9.34. The first-order valence-electron chi connectivity index (χ1n) is 4.04. The SMILES string of the molecule is COc1ccc(C(C)(F)C=O)cc1O. The number of halogens is 1. The van der Waals surface area contributed by atoms with Crippen LogP contribution in [0.2, 0.25) is 0 Å². The van der Waals surface area contributed by atoms with Gasteiger partial charge in [0.05, 0.1) is 7.11 Å². The van der Waals surface area contributed by atoms with Gasteiger partial charge < -0.3 is 9.84 Å². The lowest BCUT2D eigenvalue weighted by Gasteiger charge is -2.14. The van der Waals surface area contributed by atoms with Crippen LogP contribution in [0.15, 0.2) is 18.2 Å². The van der Waals surface area contributed by atoms with Crippen molar-refractivity contribution in [2.75, 3.05) is 7.11 Å². The van der Waals surface area contributed by atoms with E-state index in [1.807, 2.05) is 0 Å². The number of carbonyl (C=O) groups is 1. The van der Waals surface area contributed by atoms with E-state index in [-0.39, 0.29) is 23.3 Å². The Morgan fingerprint density at radius 1 is 1.57 bits per heavy atom. The van der Waals surface area contributed by atoms with Gasteiger partial charge in [0.1, 0.15) is 0 Å². The second-order valence-electron chi connectivity index (χ2n) is 3.08. The zero-order chi connectivity index (χ0) is 10.8. The average molecular weight is 198 g/mol. The highest BCUT2D eigenvalue weighted by Gasteiger charge is 2.25. The Morgan fingerprint density at radius 2 is 2.21 bits per heavy atom. The molecule has 0 radical (unpaired) electrons. The van der Waals surface area contributed by atoms with E-state index in [2.05, 4.69) is 0 Å². The molecule has 0 aromatic heterocycles. The monoisotopic (exact) mass is 198 g/mol. The van der Waals surface area contributed by atoms with E-state index in [0.717, 1.165) is 6.92 Å². The largest absolute Gasteiger partial charge is 0.504 e. The van der Waals surface area contributed by atoms with Crippen molar-refractivity contribution in [3.05, 3.63) is 23.8 Å². The van der Waals surface area contributed by atoms with Gasteiger partial charge in [0.2, 0.25) is 0 Å². The first kappa shape index (κ1) is 10.5. The third-order valence-corrected chi connectivity index (χ3v) is 1.96. The Hall–Kier alpha value is -1.58. The molecule has 1 aromatic rings. The van der Waals surface area contributed by atoms with Gasteiger partial charge in [0.25, 0.3) is 0 Å². The van der Waals surface area contributed by atoms with E-state index in [1.165, 1.54) is 25.3 Å². The van der Waals surface area contributed by atoms with Crippen molar-refractivity contribution >= 4 is 6.29 Å². The summed E-state index contributed by atoms with van der Waals surface area (Å²) in [7, 11) is 1.39. The molecule has 1 atom stereocenters. The molecule has 1 rings (SSSR count). The number of rotatable bonds is 3. The van der Waals surface area contributed by atoms with Gasteiger partial charge in [-0.25, -0.2) is 4.39 Å². The minimum atomic E-state index is -2.08. The maximum absolute atomic E-state index is 13.4.